The Balaban J connectivity index is 1.14. The van der Waals surface area contributed by atoms with E-state index in [1.54, 1.807) is 0 Å². The quantitative estimate of drug-likeness (QED) is 0.279. The van der Waals surface area contributed by atoms with Crippen LogP contribution in [0.1, 0.15) is 66.2 Å². The topological polar surface area (TPSA) is 163 Å². The number of ketones is 1. The molecule has 0 aromatic carbocycles. The second kappa shape index (κ2) is 11.7. The van der Waals surface area contributed by atoms with E-state index >= 15 is 0 Å². The van der Waals surface area contributed by atoms with Gasteiger partial charge in [-0.1, -0.05) is 37.6 Å². The van der Waals surface area contributed by atoms with Crippen molar-refractivity contribution in [2.75, 3.05) is 13.2 Å². The van der Waals surface area contributed by atoms with Crippen LogP contribution < -0.4 is 0 Å². The summed E-state index contributed by atoms with van der Waals surface area (Å²) in [5.74, 6) is 0.546. The van der Waals surface area contributed by atoms with E-state index in [1.807, 2.05) is 25.2 Å². The number of carbonyl (C=O) groups excluding carboxylic acids is 2. The van der Waals surface area contributed by atoms with Gasteiger partial charge >= 0.3 is 5.97 Å². The Morgan fingerprint density at radius 2 is 1.80 bits per heavy atom. The number of hydrogen-bond acceptors (Lipinski definition) is 10. The first-order valence-electron chi connectivity index (χ1n) is 16.2. The summed E-state index contributed by atoms with van der Waals surface area (Å²) in [6.07, 6.45) is 2.74. The van der Waals surface area contributed by atoms with Gasteiger partial charge in [0.25, 0.3) is 0 Å². The van der Waals surface area contributed by atoms with Gasteiger partial charge in [0.2, 0.25) is 0 Å². The Hall–Kier alpha value is -1.92. The van der Waals surface area contributed by atoms with Gasteiger partial charge in [0.15, 0.2) is 6.29 Å². The second-order valence-electron chi connectivity index (χ2n) is 14.6. The molecule has 10 heteroatoms. The van der Waals surface area contributed by atoms with Gasteiger partial charge in [0.1, 0.15) is 36.3 Å². The first-order valence-corrected chi connectivity index (χ1v) is 16.2. The molecule has 0 aromatic rings. The summed E-state index contributed by atoms with van der Waals surface area (Å²) in [4.78, 5) is 26.5. The van der Waals surface area contributed by atoms with Gasteiger partial charge in [0.05, 0.1) is 30.3 Å². The maximum Gasteiger partial charge on any atom is 0.336 e. The number of aliphatic hydroxyl groups excluding tert-OH is 5. The maximum absolute atomic E-state index is 13.3. The fraction of sp³-hybridized carbons (Fsp3) is 0.765. The SMILES string of the molecule is CC1=C(CO[C@@H]2O[C@H](CO)[C@@H](O)[C@H](O)[C@H]2O)C(=O)OC([C@@H](C)[C@H]2CC[C@H]3C4[C@H](O)C=C5C=CCC(=O)[C@]5(C)[C@H]4CC[C@]23C)C1. The van der Waals surface area contributed by atoms with Crippen LogP contribution in [0.4, 0.5) is 0 Å². The molecule has 2 heterocycles. The van der Waals surface area contributed by atoms with Crippen molar-refractivity contribution in [3.63, 3.8) is 0 Å². The second-order valence-corrected chi connectivity index (χ2v) is 14.6. The van der Waals surface area contributed by atoms with Crippen LogP contribution in [0.3, 0.4) is 0 Å². The third-order valence-electron chi connectivity index (χ3n) is 12.7. The predicted octanol–water partition coefficient (Wildman–Crippen LogP) is 1.97. The number of esters is 1. The molecular weight excluding hydrogens is 568 g/mol. The van der Waals surface area contributed by atoms with Gasteiger partial charge < -0.3 is 39.7 Å². The number of ether oxygens (including phenoxy) is 3. The molecule has 0 spiro atoms. The number of carbonyl (C=O) groups is 2. The van der Waals surface area contributed by atoms with Gasteiger partial charge in [-0.3, -0.25) is 4.79 Å². The Labute approximate surface area is 258 Å². The van der Waals surface area contributed by atoms with Crippen LogP contribution in [0.2, 0.25) is 0 Å². The largest absolute Gasteiger partial charge is 0.458 e. The van der Waals surface area contributed by atoms with Crippen molar-refractivity contribution >= 4 is 11.8 Å². The number of hydrogen-bond donors (Lipinski definition) is 5. The molecule has 1 saturated heterocycles. The summed E-state index contributed by atoms with van der Waals surface area (Å²) >= 11 is 0. The van der Waals surface area contributed by atoms with Crippen molar-refractivity contribution in [1.82, 2.24) is 0 Å². The molecule has 6 rings (SSSR count). The van der Waals surface area contributed by atoms with Crippen molar-refractivity contribution in [2.24, 2.45) is 40.4 Å². The summed E-state index contributed by atoms with van der Waals surface area (Å²) in [5, 5.41) is 51.2. The smallest absolute Gasteiger partial charge is 0.336 e. The molecule has 2 saturated carbocycles. The lowest BCUT2D eigenvalue weighted by Crippen LogP contribution is -2.59. The van der Waals surface area contributed by atoms with Crippen molar-refractivity contribution < 1.29 is 49.3 Å². The van der Waals surface area contributed by atoms with E-state index in [4.69, 9.17) is 14.2 Å². The van der Waals surface area contributed by atoms with Gasteiger partial charge in [-0.15, -0.1) is 0 Å². The van der Waals surface area contributed by atoms with E-state index in [0.29, 0.717) is 24.3 Å². The molecule has 2 unspecified atom stereocenters. The Bertz CT molecular complexity index is 1250. The lowest BCUT2D eigenvalue weighted by molar-refractivity contribution is -0.299. The molecule has 10 nitrogen and oxygen atoms in total. The molecule has 5 N–H and O–H groups in total. The van der Waals surface area contributed by atoms with Crippen LogP contribution in [0.5, 0.6) is 0 Å². The van der Waals surface area contributed by atoms with Gasteiger partial charge in [-0.2, -0.15) is 0 Å². The molecule has 4 aliphatic carbocycles. The maximum atomic E-state index is 13.3. The molecular formula is C34H48O10. The standard InChI is InChI=1S/C34H48O10/c1-16-12-24(43-31(41)19(16)15-42-32-30(40)29(39)28(38)25(14-35)44-32)17(2)20-8-9-21-27-22(10-11-33(20,21)3)34(4)18(13-23(27)36)6-5-7-26(34)37/h5-6,13,17,20-25,27-30,32,35-36,38-40H,7-12,14-15H2,1-4H3/t17-,20+,21-,22-,23+,24?,25+,27?,28+,29-,30+,32+,33+,34-/m0/s1. The summed E-state index contributed by atoms with van der Waals surface area (Å²) in [5.41, 5.74) is 1.53. The van der Waals surface area contributed by atoms with E-state index < -0.39 is 54.8 Å². The summed E-state index contributed by atoms with van der Waals surface area (Å²) in [6.45, 7) is 7.68. The Morgan fingerprint density at radius 3 is 2.50 bits per heavy atom. The minimum atomic E-state index is -1.56. The molecule has 3 fully saturated rings. The van der Waals surface area contributed by atoms with Gasteiger partial charge in [0, 0.05) is 12.8 Å². The fourth-order valence-electron chi connectivity index (χ4n) is 9.99. The van der Waals surface area contributed by atoms with Crippen molar-refractivity contribution in [1.29, 1.82) is 0 Å². The van der Waals surface area contributed by atoms with Crippen LogP contribution in [0.25, 0.3) is 0 Å². The zero-order valence-corrected chi connectivity index (χ0v) is 26.1. The van der Waals surface area contributed by atoms with E-state index in [0.717, 1.165) is 36.8 Å². The minimum absolute atomic E-state index is 0.0249. The van der Waals surface area contributed by atoms with Crippen LogP contribution in [-0.4, -0.2) is 93.4 Å². The van der Waals surface area contributed by atoms with E-state index in [-0.39, 0.29) is 47.6 Å². The molecule has 14 atom stereocenters. The first kappa shape index (κ1) is 32.0. The van der Waals surface area contributed by atoms with Crippen molar-refractivity contribution in [3.8, 4) is 0 Å². The van der Waals surface area contributed by atoms with Crippen molar-refractivity contribution in [2.45, 2.75) is 109 Å². The number of cyclic esters (lactones) is 1. The normalized spacial score (nSPS) is 47.8. The molecule has 6 aliphatic rings. The van der Waals surface area contributed by atoms with E-state index in [1.165, 1.54) is 0 Å². The highest BCUT2D eigenvalue weighted by Crippen LogP contribution is 2.66. The average molecular weight is 617 g/mol. The highest BCUT2D eigenvalue weighted by molar-refractivity contribution is 5.92. The number of aliphatic hydroxyl groups is 5. The highest BCUT2D eigenvalue weighted by atomic mass is 16.7. The lowest BCUT2D eigenvalue weighted by atomic mass is 9.46. The molecule has 0 amide bonds. The average Bonchev–Trinajstić information content (AvgIpc) is 3.34. The Morgan fingerprint density at radius 1 is 1.05 bits per heavy atom. The van der Waals surface area contributed by atoms with Crippen molar-refractivity contribution in [3.05, 3.63) is 34.9 Å². The molecule has 0 radical (unpaired) electrons. The number of Topliss-reactive ketones (excluding diaryl/α,β-unsaturated/α-hetero) is 1. The summed E-state index contributed by atoms with van der Waals surface area (Å²) in [7, 11) is 0. The first-order chi connectivity index (χ1) is 20.8. The van der Waals surface area contributed by atoms with Crippen LogP contribution in [-0.2, 0) is 23.8 Å². The van der Waals surface area contributed by atoms with Crippen LogP contribution in [0, 0.1) is 40.4 Å². The van der Waals surface area contributed by atoms with Gasteiger partial charge in [-0.25, -0.2) is 4.79 Å². The zero-order chi connectivity index (χ0) is 31.7. The Kier molecular flexibility index (Phi) is 8.52. The third kappa shape index (κ3) is 4.87. The third-order valence-corrected chi connectivity index (χ3v) is 12.7. The minimum Gasteiger partial charge on any atom is -0.458 e. The van der Waals surface area contributed by atoms with E-state index in [9.17, 15) is 35.1 Å². The molecule has 244 valence electrons. The molecule has 2 aliphatic heterocycles. The number of rotatable bonds is 6. The lowest BCUT2D eigenvalue weighted by Gasteiger charge is -2.58. The van der Waals surface area contributed by atoms with Crippen LogP contribution in [0.15, 0.2) is 34.9 Å². The number of allylic oxidation sites excluding steroid dienone is 3. The zero-order valence-electron chi connectivity index (χ0n) is 26.1. The predicted molar refractivity (Wildman–Crippen MR) is 158 cm³/mol. The molecule has 0 aromatic heterocycles. The number of fused-ring (bicyclic) bond motifs is 5. The monoisotopic (exact) mass is 616 g/mol. The highest BCUT2D eigenvalue weighted by Gasteiger charge is 2.63. The summed E-state index contributed by atoms with van der Waals surface area (Å²) < 4.78 is 17.1. The van der Waals surface area contributed by atoms with E-state index in [2.05, 4.69) is 20.8 Å². The fourth-order valence-corrected chi connectivity index (χ4v) is 9.99. The van der Waals surface area contributed by atoms with Crippen LogP contribution >= 0.6 is 0 Å². The van der Waals surface area contributed by atoms with Gasteiger partial charge in [-0.05, 0) is 80.1 Å². The molecule has 44 heavy (non-hydrogen) atoms. The summed E-state index contributed by atoms with van der Waals surface area (Å²) in [6, 6.07) is 0. The molecule has 0 bridgehead atoms.